The molecule has 1 heterocycles. The third-order valence-corrected chi connectivity index (χ3v) is 3.17. The van der Waals surface area contributed by atoms with Crippen LogP contribution in [0.1, 0.15) is 23.2 Å². The normalized spacial score (nSPS) is 13.6. The zero-order valence-corrected chi connectivity index (χ0v) is 11.7. The summed E-state index contributed by atoms with van der Waals surface area (Å²) in [5.74, 6) is 1.55. The van der Waals surface area contributed by atoms with Crippen LogP contribution < -0.4 is 15.4 Å². The van der Waals surface area contributed by atoms with Crippen molar-refractivity contribution in [3.63, 3.8) is 0 Å². The number of amides is 1. The lowest BCUT2D eigenvalue weighted by molar-refractivity contribution is 0.102. The molecule has 0 saturated heterocycles. The first-order valence-corrected chi connectivity index (χ1v) is 6.80. The number of carbonyl (C=O) groups is 1. The average molecular weight is 284 g/mol. The number of hydrogen-bond acceptors (Lipinski definition) is 5. The Morgan fingerprint density at radius 3 is 2.62 bits per heavy atom. The number of hydrogen-bond donors (Lipinski definition) is 2. The van der Waals surface area contributed by atoms with E-state index in [4.69, 9.17) is 4.74 Å². The maximum absolute atomic E-state index is 12.1. The second-order valence-corrected chi connectivity index (χ2v) is 4.91. The highest BCUT2D eigenvalue weighted by molar-refractivity contribution is 6.03. The van der Waals surface area contributed by atoms with Gasteiger partial charge in [0.1, 0.15) is 11.6 Å². The Labute approximate surface area is 122 Å². The summed E-state index contributed by atoms with van der Waals surface area (Å²) >= 11 is 0. The second-order valence-electron chi connectivity index (χ2n) is 4.91. The lowest BCUT2D eigenvalue weighted by Gasteiger charge is -2.07. The minimum Gasteiger partial charge on any atom is -0.497 e. The topological polar surface area (TPSA) is 76.1 Å². The Hall–Kier alpha value is -2.63. The Balaban J connectivity index is 1.65. The van der Waals surface area contributed by atoms with Gasteiger partial charge in [0.25, 0.3) is 5.91 Å². The first kappa shape index (κ1) is 13.4. The minimum atomic E-state index is -0.244. The maximum Gasteiger partial charge on any atom is 0.256 e. The largest absolute Gasteiger partial charge is 0.497 e. The molecule has 3 rings (SSSR count). The molecule has 6 heteroatoms. The van der Waals surface area contributed by atoms with E-state index in [2.05, 4.69) is 20.8 Å². The lowest BCUT2D eigenvalue weighted by atomic mass is 10.2. The molecule has 1 aromatic heterocycles. The van der Waals surface area contributed by atoms with Crippen LogP contribution in [0.4, 0.5) is 11.6 Å². The van der Waals surface area contributed by atoms with Gasteiger partial charge in [-0.05, 0) is 43.2 Å². The smallest absolute Gasteiger partial charge is 0.256 e. The van der Waals surface area contributed by atoms with Crippen molar-refractivity contribution in [2.24, 2.45) is 0 Å². The molecule has 0 aliphatic heterocycles. The van der Waals surface area contributed by atoms with Gasteiger partial charge < -0.3 is 15.4 Å². The third kappa shape index (κ3) is 3.47. The Morgan fingerprint density at radius 2 is 1.95 bits per heavy atom. The Bertz CT molecular complexity index is 638. The van der Waals surface area contributed by atoms with E-state index in [-0.39, 0.29) is 5.91 Å². The van der Waals surface area contributed by atoms with Crippen molar-refractivity contribution in [2.45, 2.75) is 18.9 Å². The molecule has 0 bridgehead atoms. The summed E-state index contributed by atoms with van der Waals surface area (Å²) < 4.78 is 5.10. The lowest BCUT2D eigenvalue weighted by Crippen LogP contribution is -2.14. The van der Waals surface area contributed by atoms with Crippen LogP contribution in [-0.2, 0) is 0 Å². The summed E-state index contributed by atoms with van der Waals surface area (Å²) in [7, 11) is 1.56. The van der Waals surface area contributed by atoms with Crippen molar-refractivity contribution in [3.8, 4) is 5.75 Å². The van der Waals surface area contributed by atoms with Crippen LogP contribution in [0.5, 0.6) is 5.75 Å². The van der Waals surface area contributed by atoms with E-state index in [9.17, 15) is 4.79 Å². The predicted molar refractivity (Wildman–Crippen MR) is 79.6 cm³/mol. The SMILES string of the molecule is COc1cccc(C(=O)Nc2ccc(NC3CC3)nn2)c1. The quantitative estimate of drug-likeness (QED) is 0.881. The van der Waals surface area contributed by atoms with Crippen molar-refractivity contribution >= 4 is 17.5 Å². The molecule has 1 saturated carbocycles. The summed E-state index contributed by atoms with van der Waals surface area (Å²) in [4.78, 5) is 12.1. The zero-order valence-electron chi connectivity index (χ0n) is 11.7. The zero-order chi connectivity index (χ0) is 14.7. The maximum atomic E-state index is 12.1. The van der Waals surface area contributed by atoms with Gasteiger partial charge in [0.2, 0.25) is 0 Å². The van der Waals surface area contributed by atoms with Crippen LogP contribution in [0.2, 0.25) is 0 Å². The molecule has 1 aliphatic carbocycles. The van der Waals surface area contributed by atoms with E-state index in [0.717, 1.165) is 5.82 Å². The first-order valence-electron chi connectivity index (χ1n) is 6.80. The molecule has 1 amide bonds. The molecule has 1 aromatic carbocycles. The van der Waals surface area contributed by atoms with E-state index in [1.54, 1.807) is 37.4 Å². The number of methoxy groups -OCH3 is 1. The molecule has 6 nitrogen and oxygen atoms in total. The number of nitrogens with zero attached hydrogens (tertiary/aromatic N) is 2. The van der Waals surface area contributed by atoms with Gasteiger partial charge in [-0.15, -0.1) is 10.2 Å². The van der Waals surface area contributed by atoms with Crippen molar-refractivity contribution in [1.82, 2.24) is 10.2 Å². The van der Waals surface area contributed by atoms with Crippen molar-refractivity contribution in [1.29, 1.82) is 0 Å². The Morgan fingerprint density at radius 1 is 1.19 bits per heavy atom. The minimum absolute atomic E-state index is 0.244. The summed E-state index contributed by atoms with van der Waals surface area (Å²) in [5, 5.41) is 14.0. The van der Waals surface area contributed by atoms with Crippen molar-refractivity contribution in [3.05, 3.63) is 42.0 Å². The summed E-state index contributed by atoms with van der Waals surface area (Å²) in [6.45, 7) is 0. The van der Waals surface area contributed by atoms with Gasteiger partial charge in [0.15, 0.2) is 5.82 Å². The standard InChI is InChI=1S/C15H16N4O2/c1-21-12-4-2-3-10(9-12)15(20)17-14-8-7-13(18-19-14)16-11-5-6-11/h2-4,7-9,11H,5-6H2,1H3,(H,16,18)(H,17,19,20). The van der Waals surface area contributed by atoms with Crippen LogP contribution in [-0.4, -0.2) is 29.3 Å². The van der Waals surface area contributed by atoms with E-state index < -0.39 is 0 Å². The van der Waals surface area contributed by atoms with Crippen LogP contribution in [0.25, 0.3) is 0 Å². The fourth-order valence-electron chi connectivity index (χ4n) is 1.87. The molecule has 108 valence electrons. The van der Waals surface area contributed by atoms with E-state index in [0.29, 0.717) is 23.2 Å². The number of nitrogens with one attached hydrogen (secondary N) is 2. The van der Waals surface area contributed by atoms with Crippen LogP contribution in [0.3, 0.4) is 0 Å². The highest BCUT2D eigenvalue weighted by Gasteiger charge is 2.21. The van der Waals surface area contributed by atoms with E-state index in [1.807, 2.05) is 6.07 Å². The number of aromatic nitrogens is 2. The van der Waals surface area contributed by atoms with Crippen molar-refractivity contribution in [2.75, 3.05) is 17.7 Å². The van der Waals surface area contributed by atoms with Gasteiger partial charge in [-0.3, -0.25) is 4.79 Å². The number of anilines is 2. The van der Waals surface area contributed by atoms with Gasteiger partial charge in [-0.2, -0.15) is 0 Å². The van der Waals surface area contributed by atoms with Crippen LogP contribution in [0, 0.1) is 0 Å². The molecule has 1 fully saturated rings. The first-order chi connectivity index (χ1) is 10.2. The number of ether oxygens (including phenoxy) is 1. The summed E-state index contributed by atoms with van der Waals surface area (Å²) in [6, 6.07) is 11.0. The average Bonchev–Trinajstić information content (AvgIpc) is 3.33. The van der Waals surface area contributed by atoms with Crippen LogP contribution in [0.15, 0.2) is 36.4 Å². The van der Waals surface area contributed by atoms with Gasteiger partial charge in [0, 0.05) is 11.6 Å². The molecule has 2 N–H and O–H groups in total. The van der Waals surface area contributed by atoms with Gasteiger partial charge >= 0.3 is 0 Å². The molecule has 0 radical (unpaired) electrons. The number of rotatable bonds is 5. The number of carbonyl (C=O) groups excluding carboxylic acids is 1. The van der Waals surface area contributed by atoms with Crippen LogP contribution >= 0.6 is 0 Å². The highest BCUT2D eigenvalue weighted by atomic mass is 16.5. The van der Waals surface area contributed by atoms with Gasteiger partial charge in [0.05, 0.1) is 7.11 Å². The molecule has 0 atom stereocenters. The summed E-state index contributed by atoms with van der Waals surface area (Å²) in [6.07, 6.45) is 2.35. The number of benzene rings is 1. The molecule has 0 spiro atoms. The second kappa shape index (κ2) is 5.78. The van der Waals surface area contributed by atoms with Gasteiger partial charge in [-0.25, -0.2) is 0 Å². The highest BCUT2D eigenvalue weighted by Crippen LogP contribution is 2.23. The Kier molecular flexibility index (Phi) is 3.68. The van der Waals surface area contributed by atoms with Gasteiger partial charge in [-0.1, -0.05) is 6.07 Å². The van der Waals surface area contributed by atoms with Crippen molar-refractivity contribution < 1.29 is 9.53 Å². The molecule has 1 aliphatic rings. The van der Waals surface area contributed by atoms with E-state index >= 15 is 0 Å². The summed E-state index contributed by atoms with van der Waals surface area (Å²) in [5.41, 5.74) is 0.510. The fourth-order valence-corrected chi connectivity index (χ4v) is 1.87. The predicted octanol–water partition coefficient (Wildman–Crippen LogP) is 2.31. The van der Waals surface area contributed by atoms with E-state index in [1.165, 1.54) is 12.8 Å². The molecule has 2 aromatic rings. The monoisotopic (exact) mass is 284 g/mol. The molecule has 0 unspecified atom stereocenters. The molecular weight excluding hydrogens is 268 g/mol. The fraction of sp³-hybridized carbons (Fsp3) is 0.267. The molecular formula is C15H16N4O2. The third-order valence-electron chi connectivity index (χ3n) is 3.17. The molecule has 21 heavy (non-hydrogen) atoms.